The van der Waals surface area contributed by atoms with Gasteiger partial charge in [-0.2, -0.15) is 0 Å². The zero-order chi connectivity index (χ0) is 25.9. The van der Waals surface area contributed by atoms with Gasteiger partial charge in [-0.25, -0.2) is 4.79 Å². The number of Topliss-reactive ketones (excluding diaryl/α,β-unsaturated/α-hetero) is 1. The Kier molecular flexibility index (Phi) is 8.23. The van der Waals surface area contributed by atoms with E-state index in [1.807, 2.05) is 13.8 Å². The topological polar surface area (TPSA) is 102 Å². The van der Waals surface area contributed by atoms with Crippen LogP contribution >= 0.6 is 23.2 Å². The van der Waals surface area contributed by atoms with Crippen LogP contribution in [0.15, 0.2) is 42.5 Å². The first-order valence-electron chi connectivity index (χ1n) is 11.2. The Labute approximate surface area is 214 Å². The van der Waals surface area contributed by atoms with E-state index in [1.54, 1.807) is 42.5 Å². The van der Waals surface area contributed by atoms with Crippen molar-refractivity contribution in [2.75, 3.05) is 12.4 Å². The molecule has 2 aromatic rings. The van der Waals surface area contributed by atoms with Crippen molar-refractivity contribution in [2.45, 2.75) is 39.7 Å². The molecule has 186 valence electrons. The molecule has 0 spiro atoms. The molecule has 0 aliphatic heterocycles. The number of carbonyl (C=O) groups excluding carboxylic acids is 4. The van der Waals surface area contributed by atoms with Crippen molar-refractivity contribution in [3.8, 4) is 0 Å². The first-order valence-corrected chi connectivity index (χ1v) is 11.9. The molecule has 0 bridgehead atoms. The van der Waals surface area contributed by atoms with Gasteiger partial charge in [0.2, 0.25) is 5.91 Å². The number of halogens is 2. The number of ketones is 1. The van der Waals surface area contributed by atoms with Crippen LogP contribution in [0.25, 0.3) is 0 Å². The van der Waals surface area contributed by atoms with Gasteiger partial charge in [-0.05, 0) is 48.6 Å². The standard InChI is InChI=1S/C26H28Cl2N2O5/c1-14(31)17-13-18(26(17,2)3)23(32)30-21(25(34)35-4)12-15-8-10-16(11-9-15)29-24(33)22-19(27)6-5-7-20(22)28/h5-11,17-18,21H,12-13H2,1-4H3,(H,29,33)(H,30,32)/t17?,18?,21-/m0/s1. The zero-order valence-electron chi connectivity index (χ0n) is 20.0. The first-order chi connectivity index (χ1) is 16.4. The molecule has 2 N–H and O–H groups in total. The molecule has 1 aliphatic carbocycles. The molecule has 0 aromatic heterocycles. The van der Waals surface area contributed by atoms with Crippen molar-refractivity contribution in [2.24, 2.45) is 17.3 Å². The highest BCUT2D eigenvalue weighted by molar-refractivity contribution is 6.40. The SMILES string of the molecule is COC(=O)[C@H](Cc1ccc(NC(=O)c2c(Cl)cccc2Cl)cc1)NC(=O)C1CC(C(C)=O)C1(C)C. The molecule has 2 unspecified atom stereocenters. The van der Waals surface area contributed by atoms with Gasteiger partial charge in [-0.15, -0.1) is 0 Å². The molecular formula is C26H28Cl2N2O5. The van der Waals surface area contributed by atoms with E-state index in [-0.39, 0.29) is 45.6 Å². The van der Waals surface area contributed by atoms with Gasteiger partial charge in [0.05, 0.1) is 22.7 Å². The highest BCUT2D eigenvalue weighted by Crippen LogP contribution is 2.51. The van der Waals surface area contributed by atoms with Gasteiger partial charge >= 0.3 is 5.97 Å². The fourth-order valence-corrected chi connectivity index (χ4v) is 5.11. The Morgan fingerprint density at radius 3 is 2.14 bits per heavy atom. The maximum atomic E-state index is 12.9. The number of amides is 2. The Hall–Kier alpha value is -2.90. The fraction of sp³-hybridized carbons (Fsp3) is 0.385. The van der Waals surface area contributed by atoms with Crippen LogP contribution < -0.4 is 10.6 Å². The summed E-state index contributed by atoms with van der Waals surface area (Å²) in [6.45, 7) is 5.32. The monoisotopic (exact) mass is 518 g/mol. The molecule has 1 aliphatic rings. The van der Waals surface area contributed by atoms with E-state index in [0.717, 1.165) is 5.56 Å². The van der Waals surface area contributed by atoms with Crippen molar-refractivity contribution in [3.05, 3.63) is 63.6 Å². The molecule has 3 rings (SSSR count). The van der Waals surface area contributed by atoms with E-state index in [0.29, 0.717) is 12.1 Å². The number of ether oxygens (including phenoxy) is 1. The number of hydrogen-bond acceptors (Lipinski definition) is 5. The number of methoxy groups -OCH3 is 1. The van der Waals surface area contributed by atoms with Gasteiger partial charge in [0.25, 0.3) is 5.91 Å². The predicted molar refractivity (Wildman–Crippen MR) is 135 cm³/mol. The third-order valence-electron chi connectivity index (χ3n) is 6.72. The molecule has 1 saturated carbocycles. The number of benzene rings is 2. The number of carbonyl (C=O) groups is 4. The molecule has 7 nitrogen and oxygen atoms in total. The summed E-state index contributed by atoms with van der Waals surface area (Å²) in [7, 11) is 1.26. The molecular weight excluding hydrogens is 491 g/mol. The minimum absolute atomic E-state index is 0.0626. The minimum atomic E-state index is -0.887. The summed E-state index contributed by atoms with van der Waals surface area (Å²) in [4.78, 5) is 49.6. The number of anilines is 1. The van der Waals surface area contributed by atoms with E-state index in [4.69, 9.17) is 27.9 Å². The van der Waals surface area contributed by atoms with Crippen molar-refractivity contribution < 1.29 is 23.9 Å². The summed E-state index contributed by atoms with van der Waals surface area (Å²) in [5, 5.41) is 6.02. The first kappa shape index (κ1) is 26.7. The van der Waals surface area contributed by atoms with Gasteiger partial charge in [0.15, 0.2) is 0 Å². The average Bonchev–Trinajstić information content (AvgIpc) is 2.78. The van der Waals surface area contributed by atoms with E-state index in [1.165, 1.54) is 14.0 Å². The van der Waals surface area contributed by atoms with Gasteiger partial charge < -0.3 is 15.4 Å². The summed E-state index contributed by atoms with van der Waals surface area (Å²) in [5.74, 6) is -1.75. The van der Waals surface area contributed by atoms with Gasteiger partial charge in [-0.3, -0.25) is 14.4 Å². The summed E-state index contributed by atoms with van der Waals surface area (Å²) < 4.78 is 4.89. The zero-order valence-corrected chi connectivity index (χ0v) is 21.5. The van der Waals surface area contributed by atoms with E-state index in [9.17, 15) is 19.2 Å². The van der Waals surface area contributed by atoms with Gasteiger partial charge in [0, 0.05) is 23.9 Å². The number of rotatable bonds is 8. The van der Waals surface area contributed by atoms with Crippen LogP contribution in [0.3, 0.4) is 0 Å². The summed E-state index contributed by atoms with van der Waals surface area (Å²) >= 11 is 12.2. The highest BCUT2D eigenvalue weighted by atomic mass is 35.5. The Bertz CT molecular complexity index is 1130. The van der Waals surface area contributed by atoms with Gasteiger partial charge in [-0.1, -0.05) is 55.2 Å². The van der Waals surface area contributed by atoms with Crippen LogP contribution in [0, 0.1) is 17.3 Å². The molecule has 35 heavy (non-hydrogen) atoms. The quantitative estimate of drug-likeness (QED) is 0.493. The van der Waals surface area contributed by atoms with E-state index >= 15 is 0 Å². The van der Waals surface area contributed by atoms with Crippen LogP contribution in [-0.4, -0.2) is 36.7 Å². The molecule has 1 fully saturated rings. The second kappa shape index (κ2) is 10.8. The van der Waals surface area contributed by atoms with Crippen LogP contribution in [0.2, 0.25) is 10.0 Å². The predicted octanol–water partition coefficient (Wildman–Crippen LogP) is 4.70. The van der Waals surface area contributed by atoms with Crippen LogP contribution in [0.1, 0.15) is 43.1 Å². The number of esters is 1. The van der Waals surface area contributed by atoms with E-state index < -0.39 is 23.3 Å². The Morgan fingerprint density at radius 1 is 1.03 bits per heavy atom. The molecule has 2 aromatic carbocycles. The second-order valence-corrected chi connectivity index (χ2v) is 10.1. The normalized spacial score (nSPS) is 19.1. The number of hydrogen-bond donors (Lipinski definition) is 2. The third kappa shape index (κ3) is 5.85. The summed E-state index contributed by atoms with van der Waals surface area (Å²) in [6, 6.07) is 10.8. The average molecular weight is 519 g/mol. The lowest BCUT2D eigenvalue weighted by molar-refractivity contribution is -0.153. The lowest BCUT2D eigenvalue weighted by atomic mass is 9.53. The van der Waals surface area contributed by atoms with Gasteiger partial charge in [0.1, 0.15) is 11.8 Å². The van der Waals surface area contributed by atoms with E-state index in [2.05, 4.69) is 10.6 Å². The minimum Gasteiger partial charge on any atom is -0.467 e. The van der Waals surface area contributed by atoms with Crippen molar-refractivity contribution in [1.29, 1.82) is 0 Å². The maximum Gasteiger partial charge on any atom is 0.328 e. The van der Waals surface area contributed by atoms with Crippen LogP contribution in [0.4, 0.5) is 5.69 Å². The third-order valence-corrected chi connectivity index (χ3v) is 7.35. The lowest BCUT2D eigenvalue weighted by Crippen LogP contribution is -2.57. The lowest BCUT2D eigenvalue weighted by Gasteiger charge is -2.50. The fourth-order valence-electron chi connectivity index (χ4n) is 4.54. The Balaban J connectivity index is 1.66. The van der Waals surface area contributed by atoms with Crippen molar-refractivity contribution in [3.63, 3.8) is 0 Å². The molecule has 0 saturated heterocycles. The van der Waals surface area contributed by atoms with Crippen molar-refractivity contribution >= 4 is 52.5 Å². The van der Waals surface area contributed by atoms with Crippen molar-refractivity contribution in [1.82, 2.24) is 5.32 Å². The van der Waals surface area contributed by atoms with Crippen LogP contribution in [0.5, 0.6) is 0 Å². The molecule has 0 heterocycles. The molecule has 0 radical (unpaired) electrons. The second-order valence-electron chi connectivity index (χ2n) is 9.31. The number of nitrogens with one attached hydrogen (secondary N) is 2. The highest BCUT2D eigenvalue weighted by Gasteiger charge is 2.53. The molecule has 2 amide bonds. The Morgan fingerprint density at radius 2 is 1.63 bits per heavy atom. The maximum absolute atomic E-state index is 12.9. The smallest absolute Gasteiger partial charge is 0.328 e. The van der Waals surface area contributed by atoms with Crippen LogP contribution in [-0.2, 0) is 25.5 Å². The molecule has 9 heteroatoms. The summed E-state index contributed by atoms with van der Waals surface area (Å²) in [6.07, 6.45) is 0.665. The summed E-state index contributed by atoms with van der Waals surface area (Å²) in [5.41, 5.74) is 0.976. The largest absolute Gasteiger partial charge is 0.467 e. The molecule has 3 atom stereocenters.